The Kier molecular flexibility index (Phi) is 6.21. The number of ether oxygens (including phenoxy) is 1. The monoisotopic (exact) mass is 447 g/mol. The Balaban J connectivity index is 1.78. The third kappa shape index (κ3) is 4.91. The summed E-state index contributed by atoms with van der Waals surface area (Å²) in [5.41, 5.74) is -0.408. The minimum atomic E-state index is -3.79. The van der Waals surface area contributed by atoms with Gasteiger partial charge in [-0.1, -0.05) is 18.5 Å². The van der Waals surface area contributed by atoms with E-state index in [1.165, 1.54) is 12.1 Å². The van der Waals surface area contributed by atoms with Crippen molar-refractivity contribution in [3.63, 3.8) is 0 Å². The molecule has 2 aromatic rings. The molecule has 2 atom stereocenters. The summed E-state index contributed by atoms with van der Waals surface area (Å²) in [5.74, 6) is -5.62. The predicted molar refractivity (Wildman–Crippen MR) is 101 cm³/mol. The molecule has 1 N–H and O–H groups in total. The maximum Gasteiger partial charge on any atom is 0.255 e. The molecule has 1 amide bonds. The maximum absolute atomic E-state index is 13.3. The molecule has 0 aliphatic carbocycles. The molecule has 2 aromatic carbocycles. The molecule has 5 nitrogen and oxygen atoms in total. The van der Waals surface area contributed by atoms with Crippen LogP contribution in [0.2, 0.25) is 5.02 Å². The third-order valence-corrected chi connectivity index (χ3v) is 6.75. The van der Waals surface area contributed by atoms with Gasteiger partial charge in [0.2, 0.25) is 0 Å². The predicted octanol–water partition coefficient (Wildman–Crippen LogP) is 4.35. The molecule has 1 fully saturated rings. The summed E-state index contributed by atoms with van der Waals surface area (Å²) in [7, 11) is -3.79. The molecule has 1 saturated heterocycles. The van der Waals surface area contributed by atoms with Crippen molar-refractivity contribution < 1.29 is 31.1 Å². The van der Waals surface area contributed by atoms with Crippen LogP contribution >= 0.6 is 11.6 Å². The van der Waals surface area contributed by atoms with E-state index in [9.17, 15) is 26.4 Å². The Morgan fingerprint density at radius 1 is 1.14 bits per heavy atom. The number of sulfone groups is 1. The summed E-state index contributed by atoms with van der Waals surface area (Å²) in [5, 5.41) is 2.14. The van der Waals surface area contributed by atoms with Gasteiger partial charge >= 0.3 is 0 Å². The molecule has 0 unspecified atom stereocenters. The molecular weight excluding hydrogens is 431 g/mol. The van der Waals surface area contributed by atoms with Gasteiger partial charge in [-0.2, -0.15) is 0 Å². The summed E-state index contributed by atoms with van der Waals surface area (Å²) < 4.78 is 70.2. The second-order valence-electron chi connectivity index (χ2n) is 6.58. The van der Waals surface area contributed by atoms with E-state index in [0.717, 1.165) is 12.5 Å². The lowest BCUT2D eigenvalue weighted by molar-refractivity contribution is 0.102. The smallest absolute Gasteiger partial charge is 0.255 e. The van der Waals surface area contributed by atoms with Crippen LogP contribution in [-0.4, -0.2) is 32.3 Å². The zero-order chi connectivity index (χ0) is 21.3. The Bertz CT molecular complexity index is 1040. The lowest BCUT2D eigenvalue weighted by Gasteiger charge is -2.10. The molecule has 10 heteroatoms. The van der Waals surface area contributed by atoms with E-state index >= 15 is 0 Å². The van der Waals surface area contributed by atoms with E-state index in [4.69, 9.17) is 16.3 Å². The largest absolute Gasteiger partial charge is 0.370 e. The number of halogens is 4. The van der Waals surface area contributed by atoms with E-state index in [0.29, 0.717) is 18.6 Å². The molecule has 0 bridgehead atoms. The Morgan fingerprint density at radius 2 is 1.79 bits per heavy atom. The Labute approximate surface area is 170 Å². The number of hydrogen-bond acceptors (Lipinski definition) is 4. The maximum atomic E-state index is 13.3. The normalized spacial score (nSPS) is 18.5. The summed E-state index contributed by atoms with van der Waals surface area (Å²) in [4.78, 5) is 12.1. The fraction of sp³-hybridized carbons (Fsp3) is 0.316. The van der Waals surface area contributed by atoms with Gasteiger partial charge in [0.15, 0.2) is 27.3 Å². The fourth-order valence-electron chi connectivity index (χ4n) is 2.89. The van der Waals surface area contributed by atoms with Gasteiger partial charge in [-0.3, -0.25) is 4.79 Å². The van der Waals surface area contributed by atoms with Gasteiger partial charge in [-0.25, -0.2) is 21.6 Å². The van der Waals surface area contributed by atoms with Crippen LogP contribution in [0.4, 0.5) is 18.9 Å². The van der Waals surface area contributed by atoms with Crippen molar-refractivity contribution in [2.24, 2.45) is 0 Å². The quantitative estimate of drug-likeness (QED) is 0.505. The number of hydrogen-bond donors (Lipinski definition) is 1. The number of anilines is 1. The number of carbonyl (C=O) groups excluding carboxylic acids is 1. The van der Waals surface area contributed by atoms with Crippen LogP contribution in [0.3, 0.4) is 0 Å². The van der Waals surface area contributed by atoms with Gasteiger partial charge in [0.05, 0.1) is 27.9 Å². The number of rotatable bonds is 7. The molecular formula is C19H17ClF3NO4S. The van der Waals surface area contributed by atoms with E-state index in [1.54, 1.807) is 0 Å². The second kappa shape index (κ2) is 8.33. The van der Waals surface area contributed by atoms with Gasteiger partial charge in [0.25, 0.3) is 5.91 Å². The first-order chi connectivity index (χ1) is 13.6. The molecule has 1 heterocycles. The van der Waals surface area contributed by atoms with Crippen molar-refractivity contribution >= 4 is 33.0 Å². The van der Waals surface area contributed by atoms with Crippen molar-refractivity contribution in [2.75, 3.05) is 11.1 Å². The molecule has 1 aliphatic heterocycles. The zero-order valence-electron chi connectivity index (χ0n) is 15.2. The van der Waals surface area contributed by atoms with Crippen molar-refractivity contribution in [3.8, 4) is 0 Å². The first-order valence-electron chi connectivity index (χ1n) is 8.76. The Morgan fingerprint density at radius 3 is 2.38 bits per heavy atom. The average molecular weight is 448 g/mol. The molecule has 0 saturated carbocycles. The molecule has 1 aliphatic rings. The highest BCUT2D eigenvalue weighted by atomic mass is 35.5. The molecule has 156 valence electrons. The van der Waals surface area contributed by atoms with E-state index < -0.39 is 33.2 Å². The van der Waals surface area contributed by atoms with Crippen molar-refractivity contribution in [3.05, 3.63) is 58.4 Å². The van der Waals surface area contributed by atoms with E-state index in [1.807, 2.05) is 6.92 Å². The number of epoxide rings is 1. The van der Waals surface area contributed by atoms with Gasteiger partial charge in [0, 0.05) is 23.4 Å². The lowest BCUT2D eigenvalue weighted by atomic mass is 10.2. The minimum absolute atomic E-state index is 0.0517. The van der Waals surface area contributed by atoms with Crippen molar-refractivity contribution in [1.82, 2.24) is 0 Å². The summed E-state index contributed by atoms with van der Waals surface area (Å²) in [6.07, 6.45) is 1.06. The highest BCUT2D eigenvalue weighted by Gasteiger charge is 2.37. The van der Waals surface area contributed by atoms with Gasteiger partial charge in [-0.15, -0.1) is 0 Å². The van der Waals surface area contributed by atoms with Crippen LogP contribution in [0.5, 0.6) is 0 Å². The highest BCUT2D eigenvalue weighted by molar-refractivity contribution is 7.91. The second-order valence-corrected chi connectivity index (χ2v) is 9.07. The van der Waals surface area contributed by atoms with Crippen molar-refractivity contribution in [2.45, 2.75) is 36.9 Å². The molecule has 0 spiro atoms. The van der Waals surface area contributed by atoms with Gasteiger partial charge in [0.1, 0.15) is 0 Å². The molecule has 0 radical (unpaired) electrons. The van der Waals surface area contributed by atoms with Crippen LogP contribution in [0.15, 0.2) is 35.2 Å². The standard InChI is InChI=1S/C19H17ClF3NO4S/c1-2-15-16(28-15)5-6-29(26,27)17-7-10(3-4-12(17)20)19(25)24-11-8-13(21)18(23)14(22)9-11/h3-4,7-9,15-16H,2,5-6H2,1H3,(H,24,25)/t15-,16+/m0/s1. The number of amides is 1. The van der Waals surface area contributed by atoms with Crippen LogP contribution in [0, 0.1) is 17.5 Å². The van der Waals surface area contributed by atoms with Crippen LogP contribution in [-0.2, 0) is 14.6 Å². The minimum Gasteiger partial charge on any atom is -0.370 e. The zero-order valence-corrected chi connectivity index (χ0v) is 16.8. The molecule has 29 heavy (non-hydrogen) atoms. The SMILES string of the molecule is CC[C@@H]1O[C@@H]1CCS(=O)(=O)c1cc(C(=O)Nc2cc(F)c(F)c(F)c2)ccc1Cl. The summed E-state index contributed by atoms with van der Waals surface area (Å²) in [6, 6.07) is 4.84. The number of benzene rings is 2. The van der Waals surface area contributed by atoms with Crippen molar-refractivity contribution in [1.29, 1.82) is 0 Å². The molecule has 0 aromatic heterocycles. The van der Waals surface area contributed by atoms with Crippen LogP contribution < -0.4 is 5.32 Å². The topological polar surface area (TPSA) is 75.8 Å². The van der Waals surface area contributed by atoms with Gasteiger partial charge in [-0.05, 0) is 31.0 Å². The lowest BCUT2D eigenvalue weighted by Crippen LogP contribution is -2.15. The summed E-state index contributed by atoms with van der Waals surface area (Å²) in [6.45, 7) is 1.94. The first kappa shape index (κ1) is 21.6. The average Bonchev–Trinajstić information content (AvgIpc) is 3.43. The third-order valence-electron chi connectivity index (χ3n) is 4.53. The summed E-state index contributed by atoms with van der Waals surface area (Å²) >= 11 is 6.01. The number of nitrogens with one attached hydrogen (secondary N) is 1. The Hall–Kier alpha value is -2.10. The van der Waals surface area contributed by atoms with Crippen LogP contribution in [0.1, 0.15) is 30.1 Å². The number of carbonyl (C=O) groups is 1. The molecule has 3 rings (SSSR count). The van der Waals surface area contributed by atoms with Gasteiger partial charge < -0.3 is 10.1 Å². The van der Waals surface area contributed by atoms with Crippen LogP contribution in [0.25, 0.3) is 0 Å². The highest BCUT2D eigenvalue weighted by Crippen LogP contribution is 2.31. The van der Waals surface area contributed by atoms with E-state index in [-0.39, 0.29) is 39.1 Å². The van der Waals surface area contributed by atoms with E-state index in [2.05, 4.69) is 5.32 Å². The first-order valence-corrected chi connectivity index (χ1v) is 10.8. The fourth-order valence-corrected chi connectivity index (χ4v) is 4.79.